The zero-order valence-electron chi connectivity index (χ0n) is 31.2. The van der Waals surface area contributed by atoms with Gasteiger partial charge in [-0.1, -0.05) is 93.2 Å². The molecule has 0 atom stereocenters. The summed E-state index contributed by atoms with van der Waals surface area (Å²) in [6, 6.07) is 0. The summed E-state index contributed by atoms with van der Waals surface area (Å²) in [6.07, 6.45) is 25.8. The predicted molar refractivity (Wildman–Crippen MR) is 199 cm³/mol. The van der Waals surface area contributed by atoms with Crippen LogP contribution in [0.4, 0.5) is 0 Å². The van der Waals surface area contributed by atoms with Gasteiger partial charge in [0.2, 0.25) is 0 Å². The minimum atomic E-state index is -3.49. The fourth-order valence-electron chi connectivity index (χ4n) is 4.16. The standard InChI is InChI=1S/C40H68O4Si/c1-33(2)17-13-21-37(9)25-29-41-45(42-30-26-38(10)22-14-18-34(3)4,43-31-27-39(11)23-15-19-35(5)6)44-32-28-40(12)24-16-20-36(7)8/h17-20,25-28H,13-16,21-24,29-32H2,1-12H3. The average molecular weight is 641 g/mol. The molecule has 4 nitrogen and oxygen atoms in total. The first-order valence-corrected chi connectivity index (χ1v) is 18.6. The van der Waals surface area contributed by atoms with Gasteiger partial charge in [-0.3, -0.25) is 0 Å². The normalized spacial score (nSPS) is 14.1. The second-order valence-corrected chi connectivity index (χ2v) is 15.4. The summed E-state index contributed by atoms with van der Waals surface area (Å²) in [5.74, 6) is 0. The van der Waals surface area contributed by atoms with E-state index in [1.165, 1.54) is 44.6 Å². The predicted octanol–water partition coefficient (Wildman–Crippen LogP) is 12.3. The minimum absolute atomic E-state index is 0.392. The van der Waals surface area contributed by atoms with Crippen LogP contribution < -0.4 is 0 Å². The average Bonchev–Trinajstić information content (AvgIpc) is 2.92. The van der Waals surface area contributed by atoms with Gasteiger partial charge in [-0.25, -0.2) is 0 Å². The topological polar surface area (TPSA) is 36.9 Å². The maximum Gasteiger partial charge on any atom is 0.680 e. The van der Waals surface area contributed by atoms with Crippen molar-refractivity contribution in [1.29, 1.82) is 0 Å². The van der Waals surface area contributed by atoms with Crippen LogP contribution in [0.25, 0.3) is 0 Å². The Morgan fingerprint density at radius 2 is 0.533 bits per heavy atom. The zero-order chi connectivity index (χ0) is 34.1. The molecule has 0 aliphatic heterocycles. The van der Waals surface area contributed by atoms with Crippen molar-refractivity contribution < 1.29 is 17.7 Å². The molecule has 0 radical (unpaired) electrons. The molecule has 0 fully saturated rings. The molecular formula is C40H68O4Si. The Bertz CT molecular complexity index is 892. The lowest BCUT2D eigenvalue weighted by Crippen LogP contribution is -2.49. The Labute approximate surface area is 280 Å². The van der Waals surface area contributed by atoms with E-state index in [9.17, 15) is 0 Å². The van der Waals surface area contributed by atoms with Crippen LogP contribution in [0, 0.1) is 0 Å². The molecule has 0 aliphatic carbocycles. The van der Waals surface area contributed by atoms with E-state index in [0.29, 0.717) is 26.4 Å². The highest BCUT2D eigenvalue weighted by molar-refractivity contribution is 6.53. The van der Waals surface area contributed by atoms with Gasteiger partial charge >= 0.3 is 9.05 Å². The van der Waals surface area contributed by atoms with Gasteiger partial charge in [-0.15, -0.1) is 0 Å². The van der Waals surface area contributed by atoms with Gasteiger partial charge in [-0.05, 0) is 134 Å². The molecule has 0 amide bonds. The third-order valence-electron chi connectivity index (χ3n) is 7.13. The van der Waals surface area contributed by atoms with Crippen LogP contribution in [0.3, 0.4) is 0 Å². The molecule has 0 heterocycles. The lowest BCUT2D eigenvalue weighted by molar-refractivity contribution is -0.0122. The lowest BCUT2D eigenvalue weighted by Gasteiger charge is -2.27. The van der Waals surface area contributed by atoms with E-state index < -0.39 is 9.05 Å². The Balaban J connectivity index is 5.97. The number of rotatable bonds is 24. The molecule has 5 heteroatoms. The first kappa shape index (κ1) is 43.0. The van der Waals surface area contributed by atoms with Gasteiger partial charge in [0, 0.05) is 0 Å². The molecular weight excluding hydrogens is 573 g/mol. The molecule has 0 bridgehead atoms. The van der Waals surface area contributed by atoms with Crippen LogP contribution in [0.15, 0.2) is 93.2 Å². The summed E-state index contributed by atoms with van der Waals surface area (Å²) < 4.78 is 25.9. The van der Waals surface area contributed by atoms with Gasteiger partial charge in [0.05, 0.1) is 26.4 Å². The van der Waals surface area contributed by atoms with Crippen LogP contribution in [0.5, 0.6) is 0 Å². The van der Waals surface area contributed by atoms with Crippen molar-refractivity contribution in [3.63, 3.8) is 0 Å². The van der Waals surface area contributed by atoms with Crippen molar-refractivity contribution in [1.82, 2.24) is 0 Å². The van der Waals surface area contributed by atoms with Crippen LogP contribution in [-0.2, 0) is 17.7 Å². The molecule has 0 rings (SSSR count). The van der Waals surface area contributed by atoms with Gasteiger partial charge in [0.25, 0.3) is 0 Å². The molecule has 0 saturated heterocycles. The maximum absolute atomic E-state index is 6.48. The highest BCUT2D eigenvalue weighted by atomic mass is 28.4. The Kier molecular flexibility index (Phi) is 24.9. The molecule has 0 saturated carbocycles. The van der Waals surface area contributed by atoms with Crippen LogP contribution >= 0.6 is 0 Å². The monoisotopic (exact) mass is 640 g/mol. The first-order valence-electron chi connectivity index (χ1n) is 17.0. The fourth-order valence-corrected chi connectivity index (χ4v) is 5.81. The Hall–Kier alpha value is -2.02. The van der Waals surface area contributed by atoms with Gasteiger partial charge in [0.1, 0.15) is 0 Å². The molecule has 0 unspecified atom stereocenters. The van der Waals surface area contributed by atoms with Crippen molar-refractivity contribution in [2.45, 2.75) is 134 Å². The lowest BCUT2D eigenvalue weighted by atomic mass is 10.1. The minimum Gasteiger partial charge on any atom is -0.347 e. The van der Waals surface area contributed by atoms with E-state index in [4.69, 9.17) is 17.7 Å². The smallest absolute Gasteiger partial charge is 0.347 e. The van der Waals surface area contributed by atoms with E-state index in [2.05, 4.69) is 132 Å². The summed E-state index contributed by atoms with van der Waals surface area (Å²) in [5, 5.41) is 0. The van der Waals surface area contributed by atoms with E-state index in [1.807, 2.05) is 0 Å². The van der Waals surface area contributed by atoms with Crippen LogP contribution in [0.1, 0.15) is 134 Å². The van der Waals surface area contributed by atoms with Gasteiger partial charge < -0.3 is 17.7 Å². The Morgan fingerprint density at radius 1 is 0.333 bits per heavy atom. The molecule has 0 aromatic heterocycles. The van der Waals surface area contributed by atoms with E-state index in [-0.39, 0.29) is 0 Å². The molecule has 0 N–H and O–H groups in total. The van der Waals surface area contributed by atoms with Crippen molar-refractivity contribution >= 4 is 9.05 Å². The highest BCUT2D eigenvalue weighted by Gasteiger charge is 2.45. The Morgan fingerprint density at radius 3 is 0.711 bits per heavy atom. The number of hydrogen-bond acceptors (Lipinski definition) is 4. The second kappa shape index (κ2) is 26.1. The first-order chi connectivity index (χ1) is 21.2. The largest absolute Gasteiger partial charge is 0.680 e. The zero-order valence-corrected chi connectivity index (χ0v) is 32.2. The van der Waals surface area contributed by atoms with E-state index in [1.54, 1.807) is 0 Å². The molecule has 256 valence electrons. The third-order valence-corrected chi connectivity index (χ3v) is 9.21. The summed E-state index contributed by atoms with van der Waals surface area (Å²) >= 11 is 0. The molecule has 0 aromatic rings. The fraction of sp³-hybridized carbons (Fsp3) is 0.600. The van der Waals surface area contributed by atoms with E-state index in [0.717, 1.165) is 51.4 Å². The van der Waals surface area contributed by atoms with Gasteiger partial charge in [0.15, 0.2) is 0 Å². The summed E-state index contributed by atoms with van der Waals surface area (Å²) in [6.45, 7) is 27.3. The molecule has 0 aromatic carbocycles. The summed E-state index contributed by atoms with van der Waals surface area (Å²) in [7, 11) is -3.49. The van der Waals surface area contributed by atoms with Crippen molar-refractivity contribution in [3.8, 4) is 0 Å². The van der Waals surface area contributed by atoms with Gasteiger partial charge in [-0.2, -0.15) is 0 Å². The number of allylic oxidation sites excluding steroid dienone is 12. The van der Waals surface area contributed by atoms with Crippen LogP contribution in [0.2, 0.25) is 0 Å². The maximum atomic E-state index is 6.48. The molecule has 0 aliphatic rings. The summed E-state index contributed by atoms with van der Waals surface area (Å²) in [4.78, 5) is 0. The second-order valence-electron chi connectivity index (χ2n) is 13.2. The SMILES string of the molecule is CC(C)=CCCC(C)=CCO[Si](OCC=C(C)CCC=C(C)C)(OCC=C(C)CCC=C(C)C)OCC=C(C)CCC=C(C)C. The van der Waals surface area contributed by atoms with Crippen LogP contribution in [-0.4, -0.2) is 35.5 Å². The molecule has 0 spiro atoms. The highest BCUT2D eigenvalue weighted by Crippen LogP contribution is 2.18. The molecule has 45 heavy (non-hydrogen) atoms. The van der Waals surface area contributed by atoms with Crippen molar-refractivity contribution in [2.75, 3.05) is 26.4 Å². The van der Waals surface area contributed by atoms with E-state index >= 15 is 0 Å². The number of hydrogen-bond donors (Lipinski definition) is 0. The summed E-state index contributed by atoms with van der Waals surface area (Å²) in [5.41, 5.74) is 10.5. The van der Waals surface area contributed by atoms with Crippen molar-refractivity contribution in [3.05, 3.63) is 93.2 Å². The van der Waals surface area contributed by atoms with Crippen molar-refractivity contribution in [2.24, 2.45) is 0 Å². The third kappa shape index (κ3) is 26.9. The quantitative estimate of drug-likeness (QED) is 0.0777.